The number of carbonyl (C=O) groups excluding carboxylic acids is 2. The van der Waals surface area contributed by atoms with Gasteiger partial charge in [-0.15, -0.1) is 23.1 Å². The van der Waals surface area contributed by atoms with Gasteiger partial charge in [-0.3, -0.25) is 9.59 Å². The van der Waals surface area contributed by atoms with Crippen molar-refractivity contribution in [3.63, 3.8) is 0 Å². The lowest BCUT2D eigenvalue weighted by atomic mass is 10.1. The maximum absolute atomic E-state index is 12.3. The van der Waals surface area contributed by atoms with Crippen LogP contribution in [0, 0.1) is 6.92 Å². The molecule has 3 rings (SSSR count). The standard InChI is InChI=1S/C17H19N3O2S2/c1-11-10-24-17(18-11)20-15(21)8-9-23-14-7-6-12-4-2-3-5-13(12)19-16(14)22/h2-5,10,14H,6-9H2,1H3,(H,19,22)(H,18,20,21)/t14-/m1/s1. The maximum Gasteiger partial charge on any atom is 0.237 e. The lowest BCUT2D eigenvalue weighted by molar-refractivity contribution is -0.116. The lowest BCUT2D eigenvalue weighted by Gasteiger charge is -2.12. The summed E-state index contributed by atoms with van der Waals surface area (Å²) in [7, 11) is 0. The smallest absolute Gasteiger partial charge is 0.237 e. The molecule has 24 heavy (non-hydrogen) atoms. The van der Waals surface area contributed by atoms with E-state index in [-0.39, 0.29) is 17.1 Å². The third-order valence-electron chi connectivity index (χ3n) is 3.76. The number of nitrogens with zero attached hydrogens (tertiary/aromatic N) is 1. The first-order valence-electron chi connectivity index (χ1n) is 7.84. The molecule has 1 aliphatic heterocycles. The normalized spacial score (nSPS) is 16.9. The molecule has 0 unspecified atom stereocenters. The highest BCUT2D eigenvalue weighted by molar-refractivity contribution is 8.00. The molecule has 7 heteroatoms. The average Bonchev–Trinajstić information content (AvgIpc) is 2.88. The number of para-hydroxylation sites is 1. The number of aryl methyl sites for hydroxylation is 2. The first-order chi connectivity index (χ1) is 11.6. The van der Waals surface area contributed by atoms with Gasteiger partial charge in [-0.2, -0.15) is 0 Å². The Labute approximate surface area is 149 Å². The summed E-state index contributed by atoms with van der Waals surface area (Å²) in [4.78, 5) is 28.5. The molecule has 2 amide bonds. The zero-order chi connectivity index (χ0) is 16.9. The molecule has 2 N–H and O–H groups in total. The van der Waals surface area contributed by atoms with Crippen LogP contribution in [0.3, 0.4) is 0 Å². The van der Waals surface area contributed by atoms with Gasteiger partial charge in [0.05, 0.1) is 10.9 Å². The van der Waals surface area contributed by atoms with Crippen LogP contribution in [-0.4, -0.2) is 27.8 Å². The molecule has 0 saturated heterocycles. The largest absolute Gasteiger partial charge is 0.325 e. The first-order valence-corrected chi connectivity index (χ1v) is 9.77. The van der Waals surface area contributed by atoms with E-state index in [0.717, 1.165) is 24.2 Å². The number of nitrogens with one attached hydrogen (secondary N) is 2. The van der Waals surface area contributed by atoms with Crippen molar-refractivity contribution in [2.24, 2.45) is 0 Å². The number of carbonyl (C=O) groups is 2. The first kappa shape index (κ1) is 17.0. The van der Waals surface area contributed by atoms with Gasteiger partial charge in [0.1, 0.15) is 0 Å². The van der Waals surface area contributed by atoms with Crippen LogP contribution in [0.5, 0.6) is 0 Å². The van der Waals surface area contributed by atoms with E-state index in [1.54, 1.807) is 11.8 Å². The van der Waals surface area contributed by atoms with Crippen molar-refractivity contribution in [2.75, 3.05) is 16.4 Å². The highest BCUT2D eigenvalue weighted by Crippen LogP contribution is 2.27. The van der Waals surface area contributed by atoms with Crippen LogP contribution in [0.2, 0.25) is 0 Å². The number of fused-ring (bicyclic) bond motifs is 1. The van der Waals surface area contributed by atoms with Crippen LogP contribution < -0.4 is 10.6 Å². The fourth-order valence-corrected chi connectivity index (χ4v) is 4.32. The van der Waals surface area contributed by atoms with Gasteiger partial charge >= 0.3 is 0 Å². The summed E-state index contributed by atoms with van der Waals surface area (Å²) in [6, 6.07) is 7.90. The van der Waals surface area contributed by atoms with Crippen LogP contribution in [0.1, 0.15) is 24.1 Å². The molecule has 0 spiro atoms. The van der Waals surface area contributed by atoms with E-state index >= 15 is 0 Å². The number of benzene rings is 1. The van der Waals surface area contributed by atoms with Gasteiger partial charge in [-0.1, -0.05) is 18.2 Å². The van der Waals surface area contributed by atoms with Gasteiger partial charge in [0, 0.05) is 23.2 Å². The van der Waals surface area contributed by atoms with Gasteiger partial charge < -0.3 is 10.6 Å². The molecule has 0 aliphatic carbocycles. The van der Waals surface area contributed by atoms with E-state index in [9.17, 15) is 9.59 Å². The van der Waals surface area contributed by atoms with Crippen molar-refractivity contribution in [3.8, 4) is 0 Å². The third kappa shape index (κ3) is 4.36. The van der Waals surface area contributed by atoms with Crippen LogP contribution in [0.15, 0.2) is 29.6 Å². The molecule has 1 aromatic heterocycles. The molecule has 1 aromatic carbocycles. The van der Waals surface area contributed by atoms with Crippen molar-refractivity contribution in [3.05, 3.63) is 40.9 Å². The Bertz CT molecular complexity index is 745. The quantitative estimate of drug-likeness (QED) is 0.855. The number of rotatable bonds is 5. The highest BCUT2D eigenvalue weighted by Gasteiger charge is 2.23. The highest BCUT2D eigenvalue weighted by atomic mass is 32.2. The molecule has 1 atom stereocenters. The van der Waals surface area contributed by atoms with Crippen LogP contribution in [0.25, 0.3) is 0 Å². The Kier molecular flexibility index (Phi) is 5.52. The van der Waals surface area contributed by atoms with E-state index in [1.165, 1.54) is 16.9 Å². The van der Waals surface area contributed by atoms with Crippen LogP contribution in [-0.2, 0) is 16.0 Å². The van der Waals surface area contributed by atoms with Crippen molar-refractivity contribution < 1.29 is 9.59 Å². The molecule has 0 radical (unpaired) electrons. The minimum Gasteiger partial charge on any atom is -0.325 e. The van der Waals surface area contributed by atoms with Crippen molar-refractivity contribution >= 4 is 45.7 Å². The molecule has 126 valence electrons. The zero-order valence-electron chi connectivity index (χ0n) is 13.4. The molecule has 2 aromatic rings. The lowest BCUT2D eigenvalue weighted by Crippen LogP contribution is -2.24. The second-order valence-corrected chi connectivity index (χ2v) is 7.81. The summed E-state index contributed by atoms with van der Waals surface area (Å²) >= 11 is 2.97. The van der Waals surface area contributed by atoms with Crippen LogP contribution >= 0.6 is 23.1 Å². The van der Waals surface area contributed by atoms with E-state index in [4.69, 9.17) is 0 Å². The van der Waals surface area contributed by atoms with Crippen molar-refractivity contribution in [1.29, 1.82) is 0 Å². The Morgan fingerprint density at radius 1 is 1.46 bits per heavy atom. The van der Waals surface area contributed by atoms with Gasteiger partial charge in [-0.05, 0) is 31.4 Å². The molecule has 2 heterocycles. The Balaban J connectivity index is 1.47. The molecule has 0 fully saturated rings. The number of anilines is 2. The second-order valence-electron chi connectivity index (χ2n) is 5.64. The minimum atomic E-state index is -0.118. The summed E-state index contributed by atoms with van der Waals surface area (Å²) in [5, 5.41) is 8.19. The summed E-state index contributed by atoms with van der Waals surface area (Å²) < 4.78 is 0. The molecular weight excluding hydrogens is 342 g/mol. The zero-order valence-corrected chi connectivity index (χ0v) is 15.0. The fourth-order valence-electron chi connectivity index (χ4n) is 2.54. The fraction of sp³-hybridized carbons (Fsp3) is 0.353. The van der Waals surface area contributed by atoms with Gasteiger partial charge in [0.15, 0.2) is 5.13 Å². The Morgan fingerprint density at radius 3 is 3.08 bits per heavy atom. The number of hydrogen-bond acceptors (Lipinski definition) is 5. The maximum atomic E-state index is 12.3. The monoisotopic (exact) mass is 361 g/mol. The average molecular weight is 361 g/mol. The number of hydrogen-bond donors (Lipinski definition) is 2. The molecule has 1 aliphatic rings. The molecular formula is C17H19N3O2S2. The van der Waals surface area contributed by atoms with Gasteiger partial charge in [0.2, 0.25) is 11.8 Å². The number of thioether (sulfide) groups is 1. The van der Waals surface area contributed by atoms with Crippen molar-refractivity contribution in [2.45, 2.75) is 31.4 Å². The van der Waals surface area contributed by atoms with E-state index in [0.29, 0.717) is 17.3 Å². The minimum absolute atomic E-state index is 0.0286. The Morgan fingerprint density at radius 2 is 2.29 bits per heavy atom. The number of aromatic nitrogens is 1. The Hall–Kier alpha value is -1.86. The number of thiazole rings is 1. The third-order valence-corrected chi connectivity index (χ3v) is 5.92. The summed E-state index contributed by atoms with van der Waals surface area (Å²) in [6.07, 6.45) is 2.04. The summed E-state index contributed by atoms with van der Waals surface area (Å²) in [6.45, 7) is 1.89. The summed E-state index contributed by atoms with van der Waals surface area (Å²) in [5.74, 6) is 0.583. The van der Waals surface area contributed by atoms with E-state index in [2.05, 4.69) is 15.6 Å². The van der Waals surface area contributed by atoms with E-state index < -0.39 is 0 Å². The van der Waals surface area contributed by atoms with Gasteiger partial charge in [-0.25, -0.2) is 4.98 Å². The molecule has 0 bridgehead atoms. The topological polar surface area (TPSA) is 71.1 Å². The van der Waals surface area contributed by atoms with Crippen LogP contribution in [0.4, 0.5) is 10.8 Å². The van der Waals surface area contributed by atoms with Crippen molar-refractivity contribution in [1.82, 2.24) is 4.98 Å². The van der Waals surface area contributed by atoms with Gasteiger partial charge in [0.25, 0.3) is 0 Å². The second kappa shape index (κ2) is 7.81. The SMILES string of the molecule is Cc1csc(NC(=O)CCS[C@@H]2CCc3ccccc3NC2=O)n1. The summed E-state index contributed by atoms with van der Waals surface area (Å²) in [5.41, 5.74) is 2.98. The molecule has 0 saturated carbocycles. The van der Waals surface area contributed by atoms with E-state index in [1.807, 2.05) is 36.6 Å². The molecule has 5 nitrogen and oxygen atoms in total. The predicted octanol–water partition coefficient (Wildman–Crippen LogP) is 3.47. The number of amides is 2. The predicted molar refractivity (Wildman–Crippen MR) is 99.7 cm³/mol.